The topological polar surface area (TPSA) is 59.7 Å². The predicted octanol–water partition coefficient (Wildman–Crippen LogP) is 3.66. The van der Waals surface area contributed by atoms with Gasteiger partial charge in [0.15, 0.2) is 0 Å². The molecule has 100 valence electrons. The molecule has 0 aliphatic heterocycles. The maximum Gasteiger partial charge on any atom is 0.339 e. The second-order valence-corrected chi connectivity index (χ2v) is 4.54. The fraction of sp³-hybridized carbons (Fsp3) is 0.214. The summed E-state index contributed by atoms with van der Waals surface area (Å²) in [5.41, 5.74) is 1.16. The van der Waals surface area contributed by atoms with Crippen LogP contribution in [0.2, 0.25) is 5.02 Å². The second kappa shape index (κ2) is 5.91. The summed E-state index contributed by atoms with van der Waals surface area (Å²) in [4.78, 5) is 10.8. The van der Waals surface area contributed by atoms with Gasteiger partial charge in [-0.25, -0.2) is 4.79 Å². The number of carboxylic acids is 1. The number of halogens is 1. The van der Waals surface area contributed by atoms with Crippen molar-refractivity contribution in [2.24, 2.45) is 0 Å². The van der Waals surface area contributed by atoms with Crippen LogP contribution in [0, 0.1) is 6.92 Å². The highest BCUT2D eigenvalue weighted by Gasteiger charge is 2.13. The monoisotopic (exact) mass is 280 g/mol. The van der Waals surface area contributed by atoms with Gasteiger partial charge in [-0.05, 0) is 30.7 Å². The van der Waals surface area contributed by atoms with Crippen LogP contribution in [0.3, 0.4) is 0 Å². The molecule has 0 atom stereocenters. The van der Waals surface area contributed by atoms with Gasteiger partial charge in [-0.2, -0.15) is 0 Å². The van der Waals surface area contributed by atoms with Gasteiger partial charge < -0.3 is 14.3 Å². The molecule has 0 spiro atoms. The number of aryl methyl sites for hydroxylation is 1. The number of benzene rings is 1. The number of furan rings is 1. The van der Waals surface area contributed by atoms with E-state index in [0.717, 1.165) is 5.56 Å². The van der Waals surface area contributed by atoms with E-state index in [1.165, 1.54) is 6.07 Å². The Morgan fingerprint density at radius 1 is 1.32 bits per heavy atom. The summed E-state index contributed by atoms with van der Waals surface area (Å²) < 4.78 is 10.8. The number of hydrogen-bond donors (Lipinski definition) is 1. The van der Waals surface area contributed by atoms with E-state index in [1.54, 1.807) is 19.1 Å². The van der Waals surface area contributed by atoms with Crippen LogP contribution in [0.5, 0.6) is 0 Å². The lowest BCUT2D eigenvalue weighted by Gasteiger charge is -2.02. The predicted molar refractivity (Wildman–Crippen MR) is 70.3 cm³/mol. The minimum atomic E-state index is -0.995. The summed E-state index contributed by atoms with van der Waals surface area (Å²) in [7, 11) is 0. The molecule has 0 aliphatic carbocycles. The Balaban J connectivity index is 1.90. The lowest BCUT2D eigenvalue weighted by molar-refractivity contribution is 0.0695. The van der Waals surface area contributed by atoms with Crippen molar-refractivity contribution in [1.82, 2.24) is 0 Å². The zero-order chi connectivity index (χ0) is 13.8. The quantitative estimate of drug-likeness (QED) is 0.908. The molecular formula is C14H13ClO4. The molecule has 0 unspecified atom stereocenters. The van der Waals surface area contributed by atoms with Gasteiger partial charge in [0, 0.05) is 5.02 Å². The Morgan fingerprint density at radius 3 is 2.58 bits per heavy atom. The molecule has 5 heteroatoms. The first-order valence-corrected chi connectivity index (χ1v) is 6.09. The van der Waals surface area contributed by atoms with Gasteiger partial charge in [-0.1, -0.05) is 23.7 Å². The van der Waals surface area contributed by atoms with E-state index in [1.807, 2.05) is 12.1 Å². The minimum absolute atomic E-state index is 0.171. The van der Waals surface area contributed by atoms with Crippen LogP contribution >= 0.6 is 11.6 Å². The molecule has 0 saturated heterocycles. The zero-order valence-corrected chi connectivity index (χ0v) is 11.1. The largest absolute Gasteiger partial charge is 0.478 e. The standard InChI is InChI=1S/C14H13ClO4/c1-9-13(14(16)17)6-12(19-9)8-18-7-10-2-4-11(15)5-3-10/h2-6H,7-8H2,1H3,(H,16,17). The Morgan fingerprint density at radius 2 is 2.00 bits per heavy atom. The van der Waals surface area contributed by atoms with Crippen molar-refractivity contribution < 1.29 is 19.1 Å². The molecule has 1 heterocycles. The SMILES string of the molecule is Cc1oc(COCc2ccc(Cl)cc2)cc1C(=O)O. The van der Waals surface area contributed by atoms with Crippen molar-refractivity contribution in [2.45, 2.75) is 20.1 Å². The fourth-order valence-corrected chi connectivity index (χ4v) is 1.80. The van der Waals surface area contributed by atoms with E-state index in [-0.39, 0.29) is 12.2 Å². The molecule has 0 bridgehead atoms. The van der Waals surface area contributed by atoms with Crippen LogP contribution in [0.4, 0.5) is 0 Å². The lowest BCUT2D eigenvalue weighted by Crippen LogP contribution is -1.95. The van der Waals surface area contributed by atoms with E-state index >= 15 is 0 Å². The van der Waals surface area contributed by atoms with Crippen molar-refractivity contribution in [1.29, 1.82) is 0 Å². The number of hydrogen-bond acceptors (Lipinski definition) is 3. The van der Waals surface area contributed by atoms with E-state index < -0.39 is 5.97 Å². The molecule has 2 aromatic rings. The summed E-state index contributed by atoms with van der Waals surface area (Å²) in [5.74, 6) is -0.105. The molecule has 1 N–H and O–H groups in total. The van der Waals surface area contributed by atoms with Gasteiger partial charge >= 0.3 is 5.97 Å². The van der Waals surface area contributed by atoms with Crippen molar-refractivity contribution in [3.05, 3.63) is 58.0 Å². The van der Waals surface area contributed by atoms with E-state index in [9.17, 15) is 4.79 Å². The molecule has 0 fully saturated rings. The summed E-state index contributed by atoms with van der Waals surface area (Å²) in [5, 5.41) is 9.57. The third kappa shape index (κ3) is 3.59. The van der Waals surface area contributed by atoms with Gasteiger partial charge in [0.1, 0.15) is 23.7 Å². The van der Waals surface area contributed by atoms with Crippen LogP contribution in [0.15, 0.2) is 34.7 Å². The number of rotatable bonds is 5. The molecule has 0 radical (unpaired) electrons. The Hall–Kier alpha value is -1.78. The first-order valence-electron chi connectivity index (χ1n) is 5.71. The highest BCUT2D eigenvalue weighted by Crippen LogP contribution is 2.16. The first kappa shape index (κ1) is 13.6. The Bertz CT molecular complexity index is 572. The third-order valence-electron chi connectivity index (χ3n) is 2.63. The van der Waals surface area contributed by atoms with E-state index in [0.29, 0.717) is 23.2 Å². The van der Waals surface area contributed by atoms with Gasteiger partial charge in [0.2, 0.25) is 0 Å². The lowest BCUT2D eigenvalue weighted by atomic mass is 10.2. The number of carbonyl (C=O) groups is 1. The molecule has 0 saturated carbocycles. The molecule has 0 amide bonds. The molecular weight excluding hydrogens is 268 g/mol. The average Bonchev–Trinajstić information content (AvgIpc) is 2.73. The normalized spacial score (nSPS) is 10.6. The molecule has 2 rings (SSSR count). The van der Waals surface area contributed by atoms with Gasteiger partial charge in [-0.3, -0.25) is 0 Å². The second-order valence-electron chi connectivity index (χ2n) is 4.11. The van der Waals surface area contributed by atoms with Crippen molar-refractivity contribution in [3.63, 3.8) is 0 Å². The smallest absolute Gasteiger partial charge is 0.339 e. The van der Waals surface area contributed by atoms with E-state index in [2.05, 4.69) is 0 Å². The summed E-state index contributed by atoms with van der Waals surface area (Å²) in [6.07, 6.45) is 0. The van der Waals surface area contributed by atoms with Crippen LogP contribution in [0.1, 0.15) is 27.4 Å². The molecule has 4 nitrogen and oxygen atoms in total. The molecule has 1 aromatic carbocycles. The van der Waals surface area contributed by atoms with Crippen molar-refractivity contribution >= 4 is 17.6 Å². The van der Waals surface area contributed by atoms with Crippen molar-refractivity contribution in [2.75, 3.05) is 0 Å². The van der Waals surface area contributed by atoms with Gasteiger partial charge in [0.25, 0.3) is 0 Å². The maximum atomic E-state index is 10.8. The number of aromatic carboxylic acids is 1. The Labute approximate surface area is 115 Å². The summed E-state index contributed by atoms with van der Waals surface area (Å²) in [6, 6.07) is 8.82. The van der Waals surface area contributed by atoms with Crippen LogP contribution in [0.25, 0.3) is 0 Å². The first-order chi connectivity index (χ1) is 9.06. The minimum Gasteiger partial charge on any atom is -0.478 e. The average molecular weight is 281 g/mol. The number of carboxylic acid groups (broad SMARTS) is 1. The highest BCUT2D eigenvalue weighted by atomic mass is 35.5. The number of ether oxygens (including phenoxy) is 1. The van der Waals surface area contributed by atoms with Crippen LogP contribution in [-0.4, -0.2) is 11.1 Å². The third-order valence-corrected chi connectivity index (χ3v) is 2.88. The maximum absolute atomic E-state index is 10.8. The Kier molecular flexibility index (Phi) is 4.24. The van der Waals surface area contributed by atoms with E-state index in [4.69, 9.17) is 25.9 Å². The summed E-state index contributed by atoms with van der Waals surface area (Å²) >= 11 is 5.78. The van der Waals surface area contributed by atoms with Crippen LogP contribution in [-0.2, 0) is 18.0 Å². The fourth-order valence-electron chi connectivity index (χ4n) is 1.68. The molecule has 1 aromatic heterocycles. The highest BCUT2D eigenvalue weighted by molar-refractivity contribution is 6.30. The molecule has 19 heavy (non-hydrogen) atoms. The van der Waals surface area contributed by atoms with Crippen LogP contribution < -0.4 is 0 Å². The molecule has 0 aliphatic rings. The van der Waals surface area contributed by atoms with Gasteiger partial charge in [-0.15, -0.1) is 0 Å². The summed E-state index contributed by atoms with van der Waals surface area (Å²) in [6.45, 7) is 2.27. The van der Waals surface area contributed by atoms with Gasteiger partial charge in [0.05, 0.1) is 6.61 Å². The zero-order valence-electron chi connectivity index (χ0n) is 10.4. The van der Waals surface area contributed by atoms with Crippen molar-refractivity contribution in [3.8, 4) is 0 Å².